The van der Waals surface area contributed by atoms with Crippen molar-refractivity contribution in [1.29, 1.82) is 0 Å². The Kier molecular flexibility index (Phi) is 5.58. The smallest absolute Gasteiger partial charge is 0.257 e. The predicted molar refractivity (Wildman–Crippen MR) is 85.8 cm³/mol. The fourth-order valence-corrected chi connectivity index (χ4v) is 2.54. The zero-order valence-corrected chi connectivity index (χ0v) is 13.9. The zero-order valence-electron chi connectivity index (χ0n) is 13.9. The van der Waals surface area contributed by atoms with E-state index >= 15 is 0 Å². The van der Waals surface area contributed by atoms with Gasteiger partial charge in [0.05, 0.1) is 23.4 Å². The maximum Gasteiger partial charge on any atom is 0.257 e. The van der Waals surface area contributed by atoms with Gasteiger partial charge in [0.2, 0.25) is 0 Å². The van der Waals surface area contributed by atoms with Gasteiger partial charge in [-0.2, -0.15) is 5.10 Å². The highest BCUT2D eigenvalue weighted by atomic mass is 16.5. The molecule has 0 spiro atoms. The van der Waals surface area contributed by atoms with E-state index in [-0.39, 0.29) is 17.6 Å². The lowest BCUT2D eigenvalue weighted by Crippen LogP contribution is -2.41. The van der Waals surface area contributed by atoms with Crippen LogP contribution in [0.3, 0.4) is 0 Å². The summed E-state index contributed by atoms with van der Waals surface area (Å²) in [6.07, 6.45) is 6.44. The largest absolute Gasteiger partial charge is 0.378 e. The number of carbonyl (C=O) groups is 1. The van der Waals surface area contributed by atoms with Gasteiger partial charge < -0.3 is 15.4 Å². The van der Waals surface area contributed by atoms with Crippen molar-refractivity contribution in [3.8, 4) is 0 Å². The Morgan fingerprint density at radius 1 is 1.41 bits per heavy atom. The third kappa shape index (κ3) is 4.30. The van der Waals surface area contributed by atoms with Gasteiger partial charge in [0.25, 0.3) is 5.91 Å². The number of likely N-dealkylation sites (tertiary alicyclic amines) is 1. The monoisotopic (exact) mass is 308 g/mol. The van der Waals surface area contributed by atoms with Gasteiger partial charge in [-0.05, 0) is 46.6 Å². The summed E-state index contributed by atoms with van der Waals surface area (Å²) in [6.45, 7) is 9.07. The molecule has 0 unspecified atom stereocenters. The number of carbonyl (C=O) groups excluding carboxylic acids is 1. The van der Waals surface area contributed by atoms with E-state index in [1.807, 2.05) is 15.8 Å². The molecule has 6 heteroatoms. The Bertz CT molecular complexity index is 485. The van der Waals surface area contributed by atoms with E-state index in [0.29, 0.717) is 18.7 Å². The molecule has 1 aliphatic rings. The van der Waals surface area contributed by atoms with Crippen molar-refractivity contribution in [2.45, 2.75) is 51.7 Å². The van der Waals surface area contributed by atoms with Gasteiger partial charge in [0.1, 0.15) is 0 Å². The fraction of sp³-hybridized carbons (Fsp3) is 0.750. The van der Waals surface area contributed by atoms with E-state index in [1.54, 1.807) is 6.20 Å². The normalized spacial score (nSPS) is 17.0. The van der Waals surface area contributed by atoms with Crippen LogP contribution < -0.4 is 5.73 Å². The van der Waals surface area contributed by atoms with E-state index in [9.17, 15) is 4.79 Å². The van der Waals surface area contributed by atoms with Gasteiger partial charge in [-0.25, -0.2) is 0 Å². The van der Waals surface area contributed by atoms with Crippen LogP contribution in [0, 0.1) is 0 Å². The number of piperidine rings is 1. The quantitative estimate of drug-likeness (QED) is 0.839. The average molecular weight is 308 g/mol. The molecule has 0 radical (unpaired) electrons. The number of hydrogen-bond acceptors (Lipinski definition) is 4. The molecule has 0 aliphatic carbocycles. The number of nitrogens with zero attached hydrogens (tertiary/aromatic N) is 3. The summed E-state index contributed by atoms with van der Waals surface area (Å²) in [4.78, 5) is 14.4. The van der Waals surface area contributed by atoms with Crippen molar-refractivity contribution in [1.82, 2.24) is 14.7 Å². The van der Waals surface area contributed by atoms with Crippen LogP contribution >= 0.6 is 0 Å². The maximum absolute atomic E-state index is 12.5. The molecule has 0 bridgehead atoms. The van der Waals surface area contributed by atoms with Gasteiger partial charge in [-0.1, -0.05) is 0 Å². The molecule has 0 aromatic carbocycles. The predicted octanol–water partition coefficient (Wildman–Crippen LogP) is 1.61. The summed E-state index contributed by atoms with van der Waals surface area (Å²) in [5.41, 5.74) is 6.02. The molecule has 0 saturated carbocycles. The molecule has 0 atom stereocenters. The van der Waals surface area contributed by atoms with Crippen molar-refractivity contribution in [2.75, 3.05) is 26.2 Å². The number of ether oxygens (including phenoxy) is 1. The van der Waals surface area contributed by atoms with Gasteiger partial charge in [0.15, 0.2) is 0 Å². The molecule has 2 N–H and O–H groups in total. The Morgan fingerprint density at radius 2 is 2.09 bits per heavy atom. The highest BCUT2D eigenvalue weighted by Gasteiger charge is 2.25. The highest BCUT2D eigenvalue weighted by molar-refractivity contribution is 5.93. The molecule has 1 fully saturated rings. The van der Waals surface area contributed by atoms with E-state index in [0.717, 1.165) is 32.4 Å². The summed E-state index contributed by atoms with van der Waals surface area (Å²) >= 11 is 0. The number of amides is 1. The second-order valence-corrected chi connectivity index (χ2v) is 6.85. The molecular formula is C16H28N4O2. The summed E-state index contributed by atoms with van der Waals surface area (Å²) in [5.74, 6) is 0.0657. The van der Waals surface area contributed by atoms with Crippen molar-refractivity contribution in [2.24, 2.45) is 5.73 Å². The minimum atomic E-state index is -0.109. The fourth-order valence-electron chi connectivity index (χ4n) is 2.54. The summed E-state index contributed by atoms with van der Waals surface area (Å²) < 4.78 is 7.61. The van der Waals surface area contributed by atoms with E-state index < -0.39 is 0 Å². The average Bonchev–Trinajstić information content (AvgIpc) is 2.97. The molecule has 1 aromatic rings. The first kappa shape index (κ1) is 17.0. The molecule has 22 heavy (non-hydrogen) atoms. The summed E-state index contributed by atoms with van der Waals surface area (Å²) in [7, 11) is 0. The number of nitrogens with two attached hydrogens (primary N) is 1. The van der Waals surface area contributed by atoms with Crippen LogP contribution in [-0.2, 0) is 10.3 Å². The molecule has 1 amide bonds. The Labute approximate surface area is 132 Å². The lowest BCUT2D eigenvalue weighted by molar-refractivity contribution is 0.00844. The molecular weight excluding hydrogens is 280 g/mol. The molecule has 124 valence electrons. The van der Waals surface area contributed by atoms with E-state index in [2.05, 4.69) is 25.9 Å². The lowest BCUT2D eigenvalue weighted by Gasteiger charge is -2.31. The Hall–Kier alpha value is -1.40. The van der Waals surface area contributed by atoms with E-state index in [4.69, 9.17) is 10.5 Å². The van der Waals surface area contributed by atoms with Crippen LogP contribution in [0.5, 0.6) is 0 Å². The first-order valence-electron chi connectivity index (χ1n) is 8.08. The van der Waals surface area contributed by atoms with Gasteiger partial charge >= 0.3 is 0 Å². The first-order chi connectivity index (χ1) is 10.4. The van der Waals surface area contributed by atoms with Crippen LogP contribution in [0.15, 0.2) is 12.4 Å². The number of aromatic nitrogens is 2. The molecule has 1 aliphatic heterocycles. The van der Waals surface area contributed by atoms with Crippen molar-refractivity contribution in [3.05, 3.63) is 18.0 Å². The van der Waals surface area contributed by atoms with Crippen LogP contribution in [0.25, 0.3) is 0 Å². The van der Waals surface area contributed by atoms with Gasteiger partial charge in [-0.15, -0.1) is 0 Å². The van der Waals surface area contributed by atoms with E-state index in [1.165, 1.54) is 0 Å². The topological polar surface area (TPSA) is 73.4 Å². The molecule has 1 saturated heterocycles. The van der Waals surface area contributed by atoms with Gasteiger partial charge in [-0.3, -0.25) is 9.48 Å². The van der Waals surface area contributed by atoms with Crippen LogP contribution in [0.2, 0.25) is 0 Å². The SMILES string of the molecule is CC(C)(C)n1cc(C(=O)N2CCC(OCCCN)CC2)cn1. The molecule has 1 aromatic heterocycles. The standard InChI is InChI=1S/C16H28N4O2/c1-16(2,3)20-12-13(11-18-20)15(21)19-8-5-14(6-9-19)22-10-4-7-17/h11-12,14H,4-10,17H2,1-3H3. The molecule has 2 rings (SSSR count). The Morgan fingerprint density at radius 3 is 2.64 bits per heavy atom. The third-order valence-electron chi connectivity index (χ3n) is 3.95. The first-order valence-corrected chi connectivity index (χ1v) is 8.08. The third-order valence-corrected chi connectivity index (χ3v) is 3.95. The summed E-state index contributed by atoms with van der Waals surface area (Å²) in [6, 6.07) is 0. The number of rotatable bonds is 5. The van der Waals surface area contributed by atoms with Crippen molar-refractivity contribution in [3.63, 3.8) is 0 Å². The second-order valence-electron chi connectivity index (χ2n) is 6.85. The molecule has 2 heterocycles. The van der Waals surface area contributed by atoms with Crippen LogP contribution in [0.4, 0.5) is 0 Å². The van der Waals surface area contributed by atoms with Crippen LogP contribution in [-0.4, -0.2) is 52.9 Å². The minimum Gasteiger partial charge on any atom is -0.378 e. The minimum absolute atomic E-state index is 0.0657. The highest BCUT2D eigenvalue weighted by Crippen LogP contribution is 2.18. The molecule has 6 nitrogen and oxygen atoms in total. The summed E-state index contributed by atoms with van der Waals surface area (Å²) in [5, 5.41) is 4.30. The maximum atomic E-state index is 12.5. The van der Waals surface area contributed by atoms with Crippen molar-refractivity contribution >= 4 is 5.91 Å². The second kappa shape index (κ2) is 7.24. The zero-order chi connectivity index (χ0) is 16.2. The lowest BCUT2D eigenvalue weighted by atomic mass is 10.1. The number of hydrogen-bond donors (Lipinski definition) is 1. The van der Waals surface area contributed by atoms with Gasteiger partial charge in [0, 0.05) is 25.9 Å². The van der Waals surface area contributed by atoms with Crippen molar-refractivity contribution < 1.29 is 9.53 Å². The van der Waals surface area contributed by atoms with Crippen LogP contribution in [0.1, 0.15) is 50.4 Å². The Balaban J connectivity index is 1.86.